The van der Waals surface area contributed by atoms with Crippen molar-refractivity contribution in [2.75, 3.05) is 16.8 Å². The van der Waals surface area contributed by atoms with Crippen LogP contribution in [0.1, 0.15) is 29.9 Å². The van der Waals surface area contributed by atoms with Crippen molar-refractivity contribution >= 4 is 23.2 Å². The SMILES string of the molecule is CCc1ccccc1NC(=O)c1ccnc(N(CC)c2ccccc2)n1. The highest BCUT2D eigenvalue weighted by Crippen LogP contribution is 2.21. The first-order chi connectivity index (χ1) is 12.7. The van der Waals surface area contributed by atoms with Crippen molar-refractivity contribution < 1.29 is 4.79 Å². The van der Waals surface area contributed by atoms with Crippen LogP contribution in [0.25, 0.3) is 0 Å². The number of nitrogens with zero attached hydrogens (tertiary/aromatic N) is 3. The van der Waals surface area contributed by atoms with Gasteiger partial charge in [-0.1, -0.05) is 43.3 Å². The van der Waals surface area contributed by atoms with Gasteiger partial charge in [0.15, 0.2) is 0 Å². The van der Waals surface area contributed by atoms with Crippen molar-refractivity contribution in [2.24, 2.45) is 0 Å². The molecule has 5 heteroatoms. The zero-order chi connectivity index (χ0) is 18.4. The quantitative estimate of drug-likeness (QED) is 0.716. The normalized spacial score (nSPS) is 10.4. The van der Waals surface area contributed by atoms with Crippen LogP contribution in [-0.2, 0) is 6.42 Å². The summed E-state index contributed by atoms with van der Waals surface area (Å²) in [7, 11) is 0. The lowest BCUT2D eigenvalue weighted by Crippen LogP contribution is -2.21. The van der Waals surface area contributed by atoms with Crippen LogP contribution in [-0.4, -0.2) is 22.4 Å². The smallest absolute Gasteiger partial charge is 0.274 e. The van der Waals surface area contributed by atoms with Gasteiger partial charge in [-0.05, 0) is 43.2 Å². The number of hydrogen-bond donors (Lipinski definition) is 1. The summed E-state index contributed by atoms with van der Waals surface area (Å²) in [6.07, 6.45) is 2.47. The average molecular weight is 346 g/mol. The molecule has 1 aromatic heterocycles. The molecule has 5 nitrogen and oxygen atoms in total. The highest BCUT2D eigenvalue weighted by molar-refractivity contribution is 6.03. The second-order valence-corrected chi connectivity index (χ2v) is 5.79. The van der Waals surface area contributed by atoms with Gasteiger partial charge in [-0.25, -0.2) is 9.97 Å². The fourth-order valence-corrected chi connectivity index (χ4v) is 2.79. The van der Waals surface area contributed by atoms with Crippen LogP contribution in [0, 0.1) is 0 Å². The summed E-state index contributed by atoms with van der Waals surface area (Å²) in [5.74, 6) is 0.272. The molecule has 0 aliphatic rings. The van der Waals surface area contributed by atoms with Crippen molar-refractivity contribution in [2.45, 2.75) is 20.3 Å². The summed E-state index contributed by atoms with van der Waals surface area (Å²) < 4.78 is 0. The van der Waals surface area contributed by atoms with E-state index in [0.29, 0.717) is 18.2 Å². The second kappa shape index (κ2) is 8.25. The van der Waals surface area contributed by atoms with Gasteiger partial charge in [-0.15, -0.1) is 0 Å². The third-order valence-corrected chi connectivity index (χ3v) is 4.15. The van der Waals surface area contributed by atoms with Gasteiger partial charge >= 0.3 is 0 Å². The summed E-state index contributed by atoms with van der Waals surface area (Å²) in [6, 6.07) is 19.3. The molecule has 0 aliphatic carbocycles. The van der Waals surface area contributed by atoms with E-state index in [1.54, 1.807) is 12.3 Å². The fraction of sp³-hybridized carbons (Fsp3) is 0.190. The molecule has 0 radical (unpaired) electrons. The topological polar surface area (TPSA) is 58.1 Å². The van der Waals surface area contributed by atoms with Crippen molar-refractivity contribution in [1.29, 1.82) is 0 Å². The van der Waals surface area contributed by atoms with Gasteiger partial charge in [0.25, 0.3) is 5.91 Å². The van der Waals surface area contributed by atoms with Gasteiger partial charge in [0, 0.05) is 24.1 Å². The molecule has 132 valence electrons. The van der Waals surface area contributed by atoms with E-state index in [0.717, 1.165) is 23.4 Å². The van der Waals surface area contributed by atoms with Crippen LogP contribution in [0.4, 0.5) is 17.3 Å². The lowest BCUT2D eigenvalue weighted by molar-refractivity contribution is 0.102. The third-order valence-electron chi connectivity index (χ3n) is 4.15. The summed E-state index contributed by atoms with van der Waals surface area (Å²) >= 11 is 0. The van der Waals surface area contributed by atoms with E-state index < -0.39 is 0 Å². The molecule has 0 saturated heterocycles. The van der Waals surface area contributed by atoms with Crippen molar-refractivity contribution in [1.82, 2.24) is 9.97 Å². The van der Waals surface area contributed by atoms with E-state index in [4.69, 9.17) is 0 Å². The Balaban J connectivity index is 1.85. The van der Waals surface area contributed by atoms with Crippen molar-refractivity contribution in [3.05, 3.63) is 78.1 Å². The van der Waals surface area contributed by atoms with Crippen LogP contribution < -0.4 is 10.2 Å². The van der Waals surface area contributed by atoms with E-state index >= 15 is 0 Å². The predicted molar refractivity (Wildman–Crippen MR) is 105 cm³/mol. The number of carbonyl (C=O) groups is 1. The lowest BCUT2D eigenvalue weighted by atomic mass is 10.1. The van der Waals surface area contributed by atoms with E-state index in [9.17, 15) is 4.79 Å². The maximum Gasteiger partial charge on any atom is 0.274 e. The van der Waals surface area contributed by atoms with Crippen LogP contribution in [0.2, 0.25) is 0 Å². The first-order valence-electron chi connectivity index (χ1n) is 8.77. The average Bonchev–Trinajstić information content (AvgIpc) is 2.70. The molecule has 1 heterocycles. The minimum absolute atomic E-state index is 0.237. The molecule has 0 fully saturated rings. The summed E-state index contributed by atoms with van der Waals surface area (Å²) in [5.41, 5.74) is 3.24. The maximum absolute atomic E-state index is 12.7. The number of amides is 1. The third kappa shape index (κ3) is 3.88. The molecule has 2 aromatic carbocycles. The van der Waals surface area contributed by atoms with E-state index in [1.807, 2.05) is 66.4 Å². The van der Waals surface area contributed by atoms with Crippen LogP contribution in [0.15, 0.2) is 66.9 Å². The Morgan fingerprint density at radius 3 is 2.46 bits per heavy atom. The fourth-order valence-electron chi connectivity index (χ4n) is 2.79. The summed E-state index contributed by atoms with van der Waals surface area (Å²) in [5, 5.41) is 2.95. The molecular formula is C21H22N4O. The monoisotopic (exact) mass is 346 g/mol. The molecule has 26 heavy (non-hydrogen) atoms. The molecule has 0 spiro atoms. The number of hydrogen-bond acceptors (Lipinski definition) is 4. The standard InChI is InChI=1S/C21H22N4O/c1-3-16-10-8-9-13-18(16)23-20(26)19-14-15-22-21(24-19)25(4-2)17-11-6-5-7-12-17/h5-15H,3-4H2,1-2H3,(H,23,26). The molecular weight excluding hydrogens is 324 g/mol. The van der Waals surface area contributed by atoms with Gasteiger partial charge < -0.3 is 10.2 Å². The Bertz CT molecular complexity index is 880. The minimum atomic E-state index is -0.237. The minimum Gasteiger partial charge on any atom is -0.320 e. The van der Waals surface area contributed by atoms with Gasteiger partial charge in [-0.3, -0.25) is 4.79 Å². The highest BCUT2D eigenvalue weighted by atomic mass is 16.1. The Hall–Kier alpha value is -3.21. The first kappa shape index (κ1) is 17.6. The number of aromatic nitrogens is 2. The second-order valence-electron chi connectivity index (χ2n) is 5.79. The predicted octanol–water partition coefficient (Wildman–Crippen LogP) is 4.45. The zero-order valence-electron chi connectivity index (χ0n) is 15.0. The molecule has 0 atom stereocenters. The van der Waals surface area contributed by atoms with E-state index in [-0.39, 0.29) is 5.91 Å². The summed E-state index contributed by atoms with van der Waals surface area (Å²) in [6.45, 7) is 4.79. The van der Waals surface area contributed by atoms with E-state index in [2.05, 4.69) is 22.2 Å². The summed E-state index contributed by atoms with van der Waals surface area (Å²) in [4.78, 5) is 23.5. The maximum atomic E-state index is 12.7. The van der Waals surface area contributed by atoms with E-state index in [1.165, 1.54) is 0 Å². The molecule has 1 amide bonds. The van der Waals surface area contributed by atoms with Crippen molar-refractivity contribution in [3.63, 3.8) is 0 Å². The van der Waals surface area contributed by atoms with Crippen LogP contribution in [0.5, 0.6) is 0 Å². The molecule has 3 aromatic rings. The zero-order valence-corrected chi connectivity index (χ0v) is 15.0. The molecule has 0 saturated carbocycles. The van der Waals surface area contributed by atoms with Crippen molar-refractivity contribution in [3.8, 4) is 0 Å². The van der Waals surface area contributed by atoms with Crippen LogP contribution in [0.3, 0.4) is 0 Å². The number of aryl methyl sites for hydroxylation is 1. The number of nitrogens with one attached hydrogen (secondary N) is 1. The van der Waals surface area contributed by atoms with Crippen LogP contribution >= 0.6 is 0 Å². The number of benzene rings is 2. The first-order valence-corrected chi connectivity index (χ1v) is 8.77. The molecule has 3 rings (SSSR count). The highest BCUT2D eigenvalue weighted by Gasteiger charge is 2.14. The molecule has 0 unspecified atom stereocenters. The van der Waals surface area contributed by atoms with Gasteiger partial charge in [0.05, 0.1) is 0 Å². The Labute approximate surface area is 153 Å². The Morgan fingerprint density at radius 2 is 1.73 bits per heavy atom. The number of anilines is 3. The Kier molecular flexibility index (Phi) is 5.59. The molecule has 0 bridgehead atoms. The largest absolute Gasteiger partial charge is 0.320 e. The van der Waals surface area contributed by atoms with Gasteiger partial charge in [0.2, 0.25) is 5.95 Å². The number of rotatable bonds is 6. The number of carbonyl (C=O) groups excluding carboxylic acids is 1. The Morgan fingerprint density at radius 1 is 1.00 bits per heavy atom. The molecule has 0 aliphatic heterocycles. The molecule has 1 N–H and O–H groups in total. The lowest BCUT2D eigenvalue weighted by Gasteiger charge is -2.21. The van der Waals surface area contributed by atoms with Gasteiger partial charge in [0.1, 0.15) is 5.69 Å². The van der Waals surface area contributed by atoms with Gasteiger partial charge in [-0.2, -0.15) is 0 Å². The number of para-hydroxylation sites is 2.